The molecule has 0 aliphatic rings. The molecule has 0 saturated carbocycles. The lowest BCUT2D eigenvalue weighted by Gasteiger charge is -2.15. The van der Waals surface area contributed by atoms with Crippen LogP contribution in [0.1, 0.15) is 17.3 Å². The number of benzene rings is 2. The van der Waals surface area contributed by atoms with E-state index in [2.05, 4.69) is 0 Å². The molecule has 0 saturated heterocycles. The van der Waals surface area contributed by atoms with Crippen LogP contribution in [0.25, 0.3) is 0 Å². The number of esters is 1. The highest BCUT2D eigenvalue weighted by atomic mass is 35.5. The van der Waals surface area contributed by atoms with Crippen molar-refractivity contribution in [3.05, 3.63) is 57.0 Å². The highest BCUT2D eigenvalue weighted by Crippen LogP contribution is 2.29. The van der Waals surface area contributed by atoms with Gasteiger partial charge < -0.3 is 14.6 Å². The molecule has 5 nitrogen and oxygen atoms in total. The molecule has 0 fully saturated rings. The molecule has 1 unspecified atom stereocenters. The molecule has 8 heteroatoms. The number of aromatic carboxylic acids is 1. The monoisotopic (exact) mass is 388 g/mol. The van der Waals surface area contributed by atoms with Crippen molar-refractivity contribution >= 4 is 46.7 Å². The number of hydrogen-bond acceptors (Lipinski definition) is 4. The van der Waals surface area contributed by atoms with Gasteiger partial charge in [-0.3, -0.25) is 0 Å². The predicted octanol–water partition coefficient (Wildman–Crippen LogP) is 4.72. The molecule has 0 radical (unpaired) electrons. The molecule has 0 amide bonds. The predicted molar refractivity (Wildman–Crippen MR) is 90.6 cm³/mol. The molecular weight excluding hydrogens is 379 g/mol. The van der Waals surface area contributed by atoms with E-state index < -0.39 is 18.0 Å². The van der Waals surface area contributed by atoms with Crippen LogP contribution in [0.2, 0.25) is 15.1 Å². The van der Waals surface area contributed by atoms with E-state index in [-0.39, 0.29) is 27.1 Å². The van der Waals surface area contributed by atoms with Crippen LogP contribution in [0.15, 0.2) is 36.4 Å². The molecule has 126 valence electrons. The van der Waals surface area contributed by atoms with E-state index in [9.17, 15) is 9.59 Å². The van der Waals surface area contributed by atoms with E-state index in [1.54, 1.807) is 6.07 Å². The number of carbonyl (C=O) groups is 2. The first-order valence-electron chi connectivity index (χ1n) is 6.64. The molecule has 0 aliphatic carbocycles. The minimum absolute atomic E-state index is 0.130. The van der Waals surface area contributed by atoms with Gasteiger partial charge in [0, 0.05) is 10.0 Å². The minimum atomic E-state index is -1.27. The van der Waals surface area contributed by atoms with Gasteiger partial charge in [-0.2, -0.15) is 0 Å². The number of carbonyl (C=O) groups excluding carboxylic acids is 1. The van der Waals surface area contributed by atoms with Gasteiger partial charge in [-0.05, 0) is 43.3 Å². The van der Waals surface area contributed by atoms with E-state index in [1.165, 1.54) is 37.3 Å². The molecule has 2 rings (SSSR count). The molecular formula is C16H11Cl3O5. The summed E-state index contributed by atoms with van der Waals surface area (Å²) in [5.41, 5.74) is -0.229. The Labute approximate surface area is 152 Å². The maximum Gasteiger partial charge on any atom is 0.352 e. The molecule has 2 aromatic rings. The van der Waals surface area contributed by atoms with Crippen molar-refractivity contribution < 1.29 is 24.2 Å². The summed E-state index contributed by atoms with van der Waals surface area (Å²) in [6.45, 7) is 1.45. The van der Waals surface area contributed by atoms with Crippen molar-refractivity contribution in [2.45, 2.75) is 13.0 Å². The van der Waals surface area contributed by atoms with Crippen molar-refractivity contribution in [3.8, 4) is 11.5 Å². The number of rotatable bonds is 5. The van der Waals surface area contributed by atoms with Gasteiger partial charge in [0.1, 0.15) is 17.1 Å². The summed E-state index contributed by atoms with van der Waals surface area (Å²) in [5, 5.41) is 10.0. The average Bonchev–Trinajstić information content (AvgIpc) is 2.51. The van der Waals surface area contributed by atoms with Gasteiger partial charge >= 0.3 is 11.9 Å². The third kappa shape index (κ3) is 4.54. The Balaban J connectivity index is 2.13. The Morgan fingerprint density at radius 3 is 2.17 bits per heavy atom. The second-order valence-electron chi connectivity index (χ2n) is 4.70. The molecule has 1 atom stereocenters. The van der Waals surface area contributed by atoms with Crippen molar-refractivity contribution in [3.63, 3.8) is 0 Å². The van der Waals surface area contributed by atoms with Crippen molar-refractivity contribution in [1.29, 1.82) is 0 Å². The summed E-state index contributed by atoms with van der Waals surface area (Å²) in [4.78, 5) is 23.3. The van der Waals surface area contributed by atoms with Crippen LogP contribution in [0.4, 0.5) is 0 Å². The van der Waals surface area contributed by atoms with Crippen LogP contribution in [0.5, 0.6) is 11.5 Å². The lowest BCUT2D eigenvalue weighted by molar-refractivity contribution is -0.141. The number of carboxylic acids is 1. The third-order valence-corrected chi connectivity index (χ3v) is 3.68. The zero-order valence-electron chi connectivity index (χ0n) is 12.3. The SMILES string of the molecule is CC(Oc1ccc(Cl)cc1Cl)C(=O)Oc1ccc(Cl)cc1C(=O)O. The Morgan fingerprint density at radius 2 is 1.58 bits per heavy atom. The van der Waals surface area contributed by atoms with Crippen LogP contribution in [-0.4, -0.2) is 23.1 Å². The van der Waals surface area contributed by atoms with Crippen LogP contribution in [0, 0.1) is 0 Å². The van der Waals surface area contributed by atoms with Gasteiger partial charge in [0.05, 0.1) is 5.02 Å². The zero-order chi connectivity index (χ0) is 17.9. The number of ether oxygens (including phenoxy) is 2. The van der Waals surface area contributed by atoms with Crippen molar-refractivity contribution in [2.75, 3.05) is 0 Å². The van der Waals surface area contributed by atoms with E-state index in [0.717, 1.165) is 0 Å². The molecule has 0 aromatic heterocycles. The Hall–Kier alpha value is -1.95. The third-order valence-electron chi connectivity index (χ3n) is 2.91. The molecule has 24 heavy (non-hydrogen) atoms. The van der Waals surface area contributed by atoms with Gasteiger partial charge in [-0.1, -0.05) is 34.8 Å². The lowest BCUT2D eigenvalue weighted by atomic mass is 10.2. The second-order valence-corrected chi connectivity index (χ2v) is 5.98. The van der Waals surface area contributed by atoms with Crippen molar-refractivity contribution in [1.82, 2.24) is 0 Å². The zero-order valence-corrected chi connectivity index (χ0v) is 14.5. The van der Waals surface area contributed by atoms with Crippen LogP contribution >= 0.6 is 34.8 Å². The Kier molecular flexibility index (Phi) is 5.94. The fraction of sp³-hybridized carbons (Fsp3) is 0.125. The minimum Gasteiger partial charge on any atom is -0.478 e. The molecule has 0 heterocycles. The topological polar surface area (TPSA) is 72.8 Å². The maximum atomic E-state index is 12.1. The highest BCUT2D eigenvalue weighted by molar-refractivity contribution is 6.35. The maximum absolute atomic E-state index is 12.1. The van der Waals surface area contributed by atoms with Crippen LogP contribution in [-0.2, 0) is 4.79 Å². The smallest absolute Gasteiger partial charge is 0.352 e. The second kappa shape index (κ2) is 7.75. The van der Waals surface area contributed by atoms with E-state index in [0.29, 0.717) is 5.02 Å². The summed E-state index contributed by atoms with van der Waals surface area (Å²) in [6, 6.07) is 8.44. The summed E-state index contributed by atoms with van der Waals surface area (Å²) in [7, 11) is 0. The van der Waals surface area contributed by atoms with Crippen molar-refractivity contribution in [2.24, 2.45) is 0 Å². The van der Waals surface area contributed by atoms with Gasteiger partial charge in [0.15, 0.2) is 6.10 Å². The van der Waals surface area contributed by atoms with Gasteiger partial charge in [0.25, 0.3) is 0 Å². The van der Waals surface area contributed by atoms with E-state index >= 15 is 0 Å². The lowest BCUT2D eigenvalue weighted by Crippen LogP contribution is -2.29. The van der Waals surface area contributed by atoms with Gasteiger partial charge in [0.2, 0.25) is 0 Å². The summed E-state index contributed by atoms with van der Waals surface area (Å²) in [6.07, 6.45) is -1.03. The Bertz CT molecular complexity index is 791. The van der Waals surface area contributed by atoms with Gasteiger partial charge in [-0.25, -0.2) is 9.59 Å². The number of hydrogen-bond donors (Lipinski definition) is 1. The molecule has 2 aromatic carbocycles. The standard InChI is InChI=1S/C16H11Cl3O5/c1-8(23-14-5-3-10(18)7-12(14)19)16(22)24-13-4-2-9(17)6-11(13)15(20)21/h2-8H,1H3,(H,20,21). The van der Waals surface area contributed by atoms with Crippen LogP contribution in [0.3, 0.4) is 0 Å². The Morgan fingerprint density at radius 1 is 1.00 bits per heavy atom. The number of carboxylic acid groups (broad SMARTS) is 1. The molecule has 0 bridgehead atoms. The molecule has 0 spiro atoms. The summed E-state index contributed by atoms with van der Waals surface area (Å²) < 4.78 is 10.5. The fourth-order valence-electron chi connectivity index (χ4n) is 1.76. The summed E-state index contributed by atoms with van der Waals surface area (Å²) >= 11 is 17.5. The first kappa shape index (κ1) is 18.4. The molecule has 1 N–H and O–H groups in total. The average molecular weight is 390 g/mol. The quantitative estimate of drug-likeness (QED) is 0.592. The molecule has 0 aliphatic heterocycles. The highest BCUT2D eigenvalue weighted by Gasteiger charge is 2.22. The van der Waals surface area contributed by atoms with E-state index in [4.69, 9.17) is 49.4 Å². The van der Waals surface area contributed by atoms with E-state index in [1.807, 2.05) is 0 Å². The summed E-state index contributed by atoms with van der Waals surface area (Å²) in [5.74, 6) is -1.94. The first-order chi connectivity index (χ1) is 11.3. The number of halogens is 3. The normalized spacial score (nSPS) is 11.7. The largest absolute Gasteiger partial charge is 0.478 e. The van der Waals surface area contributed by atoms with Gasteiger partial charge in [-0.15, -0.1) is 0 Å². The first-order valence-corrected chi connectivity index (χ1v) is 7.77. The van der Waals surface area contributed by atoms with Crippen LogP contribution < -0.4 is 9.47 Å². The fourth-order valence-corrected chi connectivity index (χ4v) is 2.38.